The van der Waals surface area contributed by atoms with Gasteiger partial charge in [0.2, 0.25) is 5.91 Å². The van der Waals surface area contributed by atoms with Crippen molar-refractivity contribution in [3.05, 3.63) is 23.9 Å². The van der Waals surface area contributed by atoms with Gasteiger partial charge in [-0.2, -0.15) is 0 Å². The van der Waals surface area contributed by atoms with Gasteiger partial charge in [0.25, 0.3) is 0 Å². The van der Waals surface area contributed by atoms with Crippen LogP contribution in [0.1, 0.15) is 37.6 Å². The SMILES string of the molecule is C=Nc1nc[nH]c1/C=C(\C)c1cnc2c(n1)N(CCC1CCOCC1)CC(=O)N2. The molecule has 2 aromatic rings. The predicted molar refractivity (Wildman–Crippen MR) is 112 cm³/mol. The number of carbonyl (C=O) groups is 1. The number of fused-ring (bicyclic) bond motifs is 1. The van der Waals surface area contributed by atoms with Crippen LogP contribution in [0.2, 0.25) is 0 Å². The third-order valence-corrected chi connectivity index (χ3v) is 5.36. The van der Waals surface area contributed by atoms with Gasteiger partial charge < -0.3 is 19.9 Å². The van der Waals surface area contributed by atoms with E-state index in [2.05, 4.69) is 32.0 Å². The first-order chi connectivity index (χ1) is 14.1. The topological polar surface area (TPSA) is 108 Å². The first-order valence-electron chi connectivity index (χ1n) is 9.82. The minimum atomic E-state index is -0.0575. The van der Waals surface area contributed by atoms with Gasteiger partial charge in [-0.25, -0.2) is 19.9 Å². The molecule has 0 unspecified atom stereocenters. The van der Waals surface area contributed by atoms with Gasteiger partial charge in [-0.15, -0.1) is 0 Å². The number of amides is 1. The van der Waals surface area contributed by atoms with Crippen LogP contribution in [0.3, 0.4) is 0 Å². The number of H-pyrrole nitrogens is 1. The summed E-state index contributed by atoms with van der Waals surface area (Å²) in [6.45, 7) is 8.21. The Morgan fingerprint density at radius 1 is 1.41 bits per heavy atom. The number of hydrogen-bond donors (Lipinski definition) is 2. The third kappa shape index (κ3) is 4.34. The molecular weight excluding hydrogens is 370 g/mol. The average molecular weight is 395 g/mol. The third-order valence-electron chi connectivity index (χ3n) is 5.36. The number of aromatic nitrogens is 4. The molecule has 2 aromatic heterocycles. The normalized spacial score (nSPS) is 17.8. The summed E-state index contributed by atoms with van der Waals surface area (Å²) in [5.41, 5.74) is 2.41. The molecule has 1 amide bonds. The number of rotatable bonds is 6. The Labute approximate surface area is 169 Å². The summed E-state index contributed by atoms with van der Waals surface area (Å²) in [5.74, 6) is 2.34. The number of aromatic amines is 1. The number of nitrogens with one attached hydrogen (secondary N) is 2. The van der Waals surface area contributed by atoms with E-state index in [1.807, 2.05) is 17.9 Å². The van der Waals surface area contributed by atoms with E-state index in [1.54, 1.807) is 12.5 Å². The van der Waals surface area contributed by atoms with Crippen LogP contribution in [0.4, 0.5) is 17.5 Å². The Bertz CT molecular complexity index is 931. The highest BCUT2D eigenvalue weighted by Crippen LogP contribution is 2.29. The highest BCUT2D eigenvalue weighted by molar-refractivity contribution is 5.99. The van der Waals surface area contributed by atoms with E-state index in [4.69, 9.17) is 9.72 Å². The molecule has 9 heteroatoms. The maximum absolute atomic E-state index is 12.1. The van der Waals surface area contributed by atoms with Gasteiger partial charge in [-0.3, -0.25) is 4.79 Å². The maximum atomic E-state index is 12.1. The van der Waals surface area contributed by atoms with Crippen molar-refractivity contribution in [1.82, 2.24) is 19.9 Å². The lowest BCUT2D eigenvalue weighted by Gasteiger charge is -2.31. The van der Waals surface area contributed by atoms with Crippen molar-refractivity contribution < 1.29 is 9.53 Å². The molecule has 0 aliphatic carbocycles. The number of hydrogen-bond acceptors (Lipinski definition) is 7. The standard InChI is InChI=1S/C20H25N7O2/c1-13(9-15-18(21-2)24-12-23-15)16-10-22-19-20(25-16)27(11-17(28)26-19)6-3-14-4-7-29-8-5-14/h9-10,12,14H,2-8,11H2,1H3,(H,23,24)(H,22,26,28)/b13-9+. The minimum absolute atomic E-state index is 0.0575. The molecule has 0 aromatic carbocycles. The smallest absolute Gasteiger partial charge is 0.245 e. The van der Waals surface area contributed by atoms with Gasteiger partial charge in [-0.05, 0) is 50.5 Å². The summed E-state index contributed by atoms with van der Waals surface area (Å²) in [4.78, 5) is 34.4. The lowest BCUT2D eigenvalue weighted by atomic mass is 9.96. The fourth-order valence-corrected chi connectivity index (χ4v) is 3.68. The average Bonchev–Trinajstić information content (AvgIpc) is 3.19. The first kappa shape index (κ1) is 19.3. The minimum Gasteiger partial charge on any atom is -0.381 e. The van der Waals surface area contributed by atoms with Gasteiger partial charge in [0.05, 0.1) is 30.5 Å². The molecule has 0 radical (unpaired) electrons. The zero-order valence-electron chi connectivity index (χ0n) is 16.5. The Morgan fingerprint density at radius 2 is 2.24 bits per heavy atom. The fraction of sp³-hybridized carbons (Fsp3) is 0.450. The maximum Gasteiger partial charge on any atom is 0.245 e. The molecule has 0 atom stereocenters. The Kier molecular flexibility index (Phi) is 5.66. The molecule has 2 aliphatic heterocycles. The van der Waals surface area contributed by atoms with Gasteiger partial charge in [0, 0.05) is 19.8 Å². The quantitative estimate of drug-likeness (QED) is 0.728. The highest BCUT2D eigenvalue weighted by Gasteiger charge is 2.26. The molecule has 29 heavy (non-hydrogen) atoms. The number of imidazole rings is 1. The lowest BCUT2D eigenvalue weighted by Crippen LogP contribution is -2.40. The van der Waals surface area contributed by atoms with Crippen molar-refractivity contribution in [3.63, 3.8) is 0 Å². The van der Waals surface area contributed by atoms with Crippen LogP contribution in [-0.2, 0) is 9.53 Å². The molecule has 0 spiro atoms. The number of aliphatic imine (C=N–C) groups is 1. The molecule has 4 heterocycles. The van der Waals surface area contributed by atoms with Crippen molar-refractivity contribution in [2.45, 2.75) is 26.2 Å². The van der Waals surface area contributed by atoms with Crippen LogP contribution in [0.25, 0.3) is 11.6 Å². The van der Waals surface area contributed by atoms with Crippen LogP contribution >= 0.6 is 0 Å². The van der Waals surface area contributed by atoms with Gasteiger partial charge in [-0.1, -0.05) is 0 Å². The molecule has 1 saturated heterocycles. The fourth-order valence-electron chi connectivity index (χ4n) is 3.68. The van der Waals surface area contributed by atoms with Crippen LogP contribution in [0.5, 0.6) is 0 Å². The van der Waals surface area contributed by atoms with Crippen LogP contribution < -0.4 is 10.2 Å². The summed E-state index contributed by atoms with van der Waals surface area (Å²) in [7, 11) is 0. The van der Waals surface area contributed by atoms with E-state index in [1.165, 1.54) is 0 Å². The van der Waals surface area contributed by atoms with Gasteiger partial charge >= 0.3 is 0 Å². The summed E-state index contributed by atoms with van der Waals surface area (Å²) in [5, 5.41) is 2.82. The zero-order chi connectivity index (χ0) is 20.2. The molecule has 152 valence electrons. The second-order valence-corrected chi connectivity index (χ2v) is 7.37. The zero-order valence-corrected chi connectivity index (χ0v) is 16.5. The number of allylic oxidation sites excluding steroid dienone is 1. The predicted octanol–water partition coefficient (Wildman–Crippen LogP) is 2.67. The van der Waals surface area contributed by atoms with Crippen LogP contribution in [0.15, 0.2) is 17.5 Å². The molecule has 1 fully saturated rings. The van der Waals surface area contributed by atoms with Crippen molar-refractivity contribution in [2.75, 3.05) is 36.5 Å². The monoisotopic (exact) mass is 395 g/mol. The van der Waals surface area contributed by atoms with E-state index in [-0.39, 0.29) is 5.91 Å². The highest BCUT2D eigenvalue weighted by atomic mass is 16.5. The van der Waals surface area contributed by atoms with Crippen molar-refractivity contribution >= 4 is 41.7 Å². The van der Waals surface area contributed by atoms with Crippen LogP contribution in [-0.4, -0.2) is 58.9 Å². The molecule has 2 N–H and O–H groups in total. The first-order valence-corrected chi connectivity index (χ1v) is 9.82. The summed E-state index contributed by atoms with van der Waals surface area (Å²) < 4.78 is 5.44. The molecule has 2 aliphatic rings. The second kappa shape index (κ2) is 8.52. The van der Waals surface area contributed by atoms with E-state index >= 15 is 0 Å². The molecule has 0 saturated carbocycles. The summed E-state index contributed by atoms with van der Waals surface area (Å²) >= 11 is 0. The van der Waals surface area contributed by atoms with Gasteiger partial charge in [0.1, 0.15) is 0 Å². The van der Waals surface area contributed by atoms with E-state index in [0.717, 1.165) is 56.0 Å². The van der Waals surface area contributed by atoms with E-state index in [0.29, 0.717) is 29.9 Å². The largest absolute Gasteiger partial charge is 0.381 e. The summed E-state index contributed by atoms with van der Waals surface area (Å²) in [6.07, 6.45) is 8.33. The van der Waals surface area contributed by atoms with E-state index < -0.39 is 0 Å². The number of nitrogens with zero attached hydrogens (tertiary/aromatic N) is 5. The van der Waals surface area contributed by atoms with Crippen molar-refractivity contribution in [2.24, 2.45) is 10.9 Å². The Morgan fingerprint density at radius 3 is 3.03 bits per heavy atom. The van der Waals surface area contributed by atoms with Crippen LogP contribution in [0, 0.1) is 5.92 Å². The Hall–Kier alpha value is -3.07. The van der Waals surface area contributed by atoms with Gasteiger partial charge in [0.15, 0.2) is 17.5 Å². The number of anilines is 2. The molecule has 9 nitrogen and oxygen atoms in total. The summed E-state index contributed by atoms with van der Waals surface area (Å²) in [6, 6.07) is 0. The van der Waals surface area contributed by atoms with Crippen molar-refractivity contribution in [3.8, 4) is 0 Å². The number of ether oxygens (including phenoxy) is 1. The molecule has 4 rings (SSSR count). The second-order valence-electron chi connectivity index (χ2n) is 7.37. The Balaban J connectivity index is 1.56. The molecule has 0 bridgehead atoms. The van der Waals surface area contributed by atoms with E-state index in [9.17, 15) is 4.79 Å². The van der Waals surface area contributed by atoms with Crippen molar-refractivity contribution in [1.29, 1.82) is 0 Å². The lowest BCUT2D eigenvalue weighted by molar-refractivity contribution is -0.115. The number of carbonyl (C=O) groups excluding carboxylic acids is 1. The molecular formula is C20H25N7O2.